The van der Waals surface area contributed by atoms with Gasteiger partial charge < -0.3 is 31.5 Å². The first-order valence-corrected chi connectivity index (χ1v) is 13.7. The number of carbonyl (C=O) groups is 4. The first kappa shape index (κ1) is 28.5. The highest BCUT2D eigenvalue weighted by Crippen LogP contribution is 2.53. The molecule has 0 bridgehead atoms. The lowest BCUT2D eigenvalue weighted by atomic mass is 9.57. The Kier molecular flexibility index (Phi) is 7.04. The van der Waals surface area contributed by atoms with Gasteiger partial charge >= 0.3 is 0 Å². The molecule has 3 aliphatic carbocycles. The van der Waals surface area contributed by atoms with Crippen LogP contribution in [0.25, 0.3) is 5.76 Å². The second-order valence-corrected chi connectivity index (χ2v) is 11.6. The molecule has 3 aliphatic rings. The molecule has 5 rings (SSSR count). The van der Waals surface area contributed by atoms with Crippen molar-refractivity contribution in [2.45, 2.75) is 29.3 Å². The summed E-state index contributed by atoms with van der Waals surface area (Å²) in [4.78, 5) is 52.7. The lowest BCUT2D eigenvalue weighted by Crippen LogP contribution is -2.65. The number of anilines is 1. The van der Waals surface area contributed by atoms with E-state index in [4.69, 9.17) is 5.73 Å². The molecule has 1 fully saturated rings. The molecule has 0 aliphatic heterocycles. The number of primary amides is 1. The number of phenolic OH excluding ortho intramolecular Hbond substituents is 1. The summed E-state index contributed by atoms with van der Waals surface area (Å²) in [6.45, 7) is 0. The molecule has 11 nitrogen and oxygen atoms in total. The van der Waals surface area contributed by atoms with Gasteiger partial charge in [0, 0.05) is 11.5 Å². The Bertz CT molecular complexity index is 1570. The average molecular weight is 626 g/mol. The van der Waals surface area contributed by atoms with Gasteiger partial charge in [-0.2, -0.15) is 0 Å². The summed E-state index contributed by atoms with van der Waals surface area (Å²) < 4.78 is 0. The van der Waals surface area contributed by atoms with Crippen molar-refractivity contribution < 1.29 is 39.6 Å². The summed E-state index contributed by atoms with van der Waals surface area (Å²) in [7, 11) is 3.08. The van der Waals surface area contributed by atoms with Crippen molar-refractivity contribution in [2.24, 2.45) is 17.6 Å². The van der Waals surface area contributed by atoms with Gasteiger partial charge in [0.25, 0.3) is 5.91 Å². The fraction of sp³-hybridized carbons (Fsp3) is 0.310. The second kappa shape index (κ2) is 10.1. The number of fused-ring (bicyclic) bond motifs is 3. The molecule has 0 spiro atoms. The van der Waals surface area contributed by atoms with Crippen molar-refractivity contribution in [2.75, 3.05) is 19.4 Å². The number of nitrogens with two attached hydrogens (primary N) is 1. The van der Waals surface area contributed by atoms with Crippen LogP contribution in [0.1, 0.15) is 27.9 Å². The normalized spacial score (nSPS) is 26.3. The number of amides is 2. The van der Waals surface area contributed by atoms with Gasteiger partial charge in [-0.15, -0.1) is 0 Å². The van der Waals surface area contributed by atoms with Crippen LogP contribution >= 0.6 is 15.9 Å². The Labute approximate surface area is 243 Å². The number of benzene rings is 2. The predicted octanol–water partition coefficient (Wildman–Crippen LogP) is 2.04. The zero-order valence-corrected chi connectivity index (χ0v) is 23.7. The molecule has 1 saturated carbocycles. The fourth-order valence-electron chi connectivity index (χ4n) is 6.29. The fourth-order valence-corrected chi connectivity index (χ4v) is 6.71. The SMILES string of the molecule is CN(C)[C@@H]1C(=O)C(C(N)=O)=C(O)[C@@]2(O)C(=O)C3=C(O)c4c(ccc(NC(=O)C(Br)c5ccccc5)c4O)CC3CC12. The van der Waals surface area contributed by atoms with Crippen molar-refractivity contribution in [1.29, 1.82) is 0 Å². The van der Waals surface area contributed by atoms with Crippen LogP contribution in [0.2, 0.25) is 0 Å². The number of alkyl halides is 1. The second-order valence-electron chi connectivity index (χ2n) is 10.7. The molecule has 41 heavy (non-hydrogen) atoms. The number of phenols is 1. The highest BCUT2D eigenvalue weighted by Gasteiger charge is 2.64. The minimum Gasteiger partial charge on any atom is -0.508 e. The van der Waals surface area contributed by atoms with E-state index < -0.39 is 74.5 Å². The van der Waals surface area contributed by atoms with E-state index in [1.54, 1.807) is 36.4 Å². The summed E-state index contributed by atoms with van der Waals surface area (Å²) in [5.41, 5.74) is 2.51. The van der Waals surface area contributed by atoms with Gasteiger partial charge in [0.1, 0.15) is 27.7 Å². The molecule has 0 aromatic heterocycles. The Morgan fingerprint density at radius 2 is 1.76 bits per heavy atom. The van der Waals surface area contributed by atoms with Crippen molar-refractivity contribution in [3.05, 3.63) is 76.1 Å². The number of halogens is 1. The number of aliphatic hydroxyl groups excluding tert-OH is 2. The van der Waals surface area contributed by atoms with Gasteiger partial charge in [0.05, 0.1) is 17.3 Å². The minimum absolute atomic E-state index is 0.00659. The molecule has 0 radical (unpaired) electrons. The van der Waals surface area contributed by atoms with Crippen LogP contribution in [0.15, 0.2) is 59.4 Å². The topological polar surface area (TPSA) is 190 Å². The predicted molar refractivity (Wildman–Crippen MR) is 151 cm³/mol. The van der Waals surface area contributed by atoms with Gasteiger partial charge in [-0.1, -0.05) is 52.3 Å². The third kappa shape index (κ3) is 4.25. The van der Waals surface area contributed by atoms with Gasteiger partial charge in [-0.05, 0) is 50.0 Å². The average Bonchev–Trinajstić information content (AvgIpc) is 2.91. The quantitative estimate of drug-likeness (QED) is 0.164. The Morgan fingerprint density at radius 1 is 1.10 bits per heavy atom. The molecule has 214 valence electrons. The summed E-state index contributed by atoms with van der Waals surface area (Å²) >= 11 is 3.34. The number of aliphatic hydroxyl groups is 3. The smallest absolute Gasteiger partial charge is 0.255 e. The van der Waals surface area contributed by atoms with E-state index in [1.165, 1.54) is 25.1 Å². The summed E-state index contributed by atoms with van der Waals surface area (Å²) in [6, 6.07) is 10.8. The van der Waals surface area contributed by atoms with Crippen molar-refractivity contribution in [3.63, 3.8) is 0 Å². The van der Waals surface area contributed by atoms with Crippen LogP contribution < -0.4 is 11.1 Å². The number of likely N-dealkylation sites (N-methyl/N-ethyl adjacent to an activating group) is 1. The van der Waals surface area contributed by atoms with Gasteiger partial charge in [-0.25, -0.2) is 0 Å². The Hall–Kier alpha value is -4.00. The van der Waals surface area contributed by atoms with E-state index >= 15 is 0 Å². The van der Waals surface area contributed by atoms with Gasteiger partial charge in [-0.3, -0.25) is 24.1 Å². The summed E-state index contributed by atoms with van der Waals surface area (Å²) in [5, 5.41) is 47.7. The van der Waals surface area contributed by atoms with E-state index in [2.05, 4.69) is 21.2 Å². The van der Waals surface area contributed by atoms with Crippen molar-refractivity contribution in [3.8, 4) is 5.75 Å². The molecule has 2 aromatic carbocycles. The highest BCUT2D eigenvalue weighted by atomic mass is 79.9. The molecule has 3 unspecified atom stereocenters. The number of hydrogen-bond acceptors (Lipinski definition) is 9. The highest BCUT2D eigenvalue weighted by molar-refractivity contribution is 9.09. The number of Topliss-reactive ketones (excluding diaryl/α,β-unsaturated/α-hetero) is 2. The molecule has 0 heterocycles. The minimum atomic E-state index is -2.72. The maximum absolute atomic E-state index is 13.9. The molecule has 12 heteroatoms. The maximum atomic E-state index is 13.9. The number of nitrogens with zero attached hydrogens (tertiary/aromatic N) is 1. The van der Waals surface area contributed by atoms with E-state index in [0.717, 1.165) is 0 Å². The third-order valence-corrected chi connectivity index (χ3v) is 9.12. The molecule has 7 N–H and O–H groups in total. The number of nitrogens with one attached hydrogen (secondary N) is 1. The zero-order chi connectivity index (χ0) is 30.0. The third-order valence-electron chi connectivity index (χ3n) is 8.17. The lowest BCUT2D eigenvalue weighted by molar-refractivity contribution is -0.153. The van der Waals surface area contributed by atoms with Crippen LogP contribution in [0.3, 0.4) is 0 Å². The molecule has 5 atom stereocenters. The monoisotopic (exact) mass is 625 g/mol. The van der Waals surface area contributed by atoms with E-state index in [9.17, 15) is 39.6 Å². The number of rotatable bonds is 5. The first-order chi connectivity index (χ1) is 19.3. The van der Waals surface area contributed by atoms with Gasteiger partial charge in [0.15, 0.2) is 11.4 Å². The van der Waals surface area contributed by atoms with Gasteiger partial charge in [0.2, 0.25) is 11.7 Å². The number of hydrogen-bond donors (Lipinski definition) is 6. The van der Waals surface area contributed by atoms with Crippen LogP contribution in [0, 0.1) is 11.8 Å². The van der Waals surface area contributed by atoms with Crippen molar-refractivity contribution in [1.82, 2.24) is 4.90 Å². The maximum Gasteiger partial charge on any atom is 0.255 e. The standard InChI is InChI=1S/C29H28BrN3O8/c1-33(2)21-15-11-14-10-13-8-9-16(32-28(40)20(30)12-6-4-3-5-7-12)22(34)17(13)23(35)18(14)25(37)29(15,41)26(38)19(24(21)36)27(31)39/h3-9,14-15,20-21,34-35,38,41H,10-11H2,1-2H3,(H2,31,39)(H,32,40)/t14?,15?,20?,21-,29-/m0/s1. The van der Waals surface area contributed by atoms with Crippen LogP contribution in [0.5, 0.6) is 5.75 Å². The van der Waals surface area contributed by atoms with Crippen LogP contribution in [-0.2, 0) is 25.6 Å². The number of ketones is 2. The summed E-state index contributed by atoms with van der Waals surface area (Å²) in [5.74, 6) is -7.80. The van der Waals surface area contributed by atoms with Crippen LogP contribution in [0.4, 0.5) is 5.69 Å². The molecular weight excluding hydrogens is 598 g/mol. The van der Waals surface area contributed by atoms with Crippen molar-refractivity contribution >= 4 is 50.8 Å². The first-order valence-electron chi connectivity index (χ1n) is 12.8. The lowest BCUT2D eigenvalue weighted by Gasteiger charge is -2.50. The molecule has 2 amide bonds. The molecule has 0 saturated heterocycles. The van der Waals surface area contributed by atoms with E-state index in [-0.39, 0.29) is 29.7 Å². The molecule has 2 aromatic rings. The zero-order valence-electron chi connectivity index (χ0n) is 22.1. The van der Waals surface area contributed by atoms with E-state index in [0.29, 0.717) is 11.1 Å². The number of aromatic hydroxyl groups is 1. The van der Waals surface area contributed by atoms with E-state index in [1.807, 2.05) is 0 Å². The Balaban J connectivity index is 1.58. The number of carbonyl (C=O) groups excluding carboxylic acids is 4. The summed E-state index contributed by atoms with van der Waals surface area (Å²) in [6.07, 6.45) is 0.148. The largest absolute Gasteiger partial charge is 0.508 e. The molecular formula is C29H28BrN3O8. The Morgan fingerprint density at radius 3 is 2.37 bits per heavy atom. The van der Waals surface area contributed by atoms with Crippen LogP contribution in [-0.4, -0.2) is 74.4 Å².